The third-order valence-electron chi connectivity index (χ3n) is 9.01. The molecule has 1 aliphatic heterocycles. The second-order valence-corrected chi connectivity index (χ2v) is 15.6. The molecule has 7 atom stereocenters. The normalized spacial score (nSPS) is 17.3. The lowest BCUT2D eigenvalue weighted by Gasteiger charge is -2.30. The first-order valence-electron chi connectivity index (χ1n) is 19.2. The van der Waals surface area contributed by atoms with Crippen LogP contribution in [0.4, 0.5) is 0 Å². The van der Waals surface area contributed by atoms with E-state index in [4.69, 9.17) is 22.9 Å². The van der Waals surface area contributed by atoms with Crippen LogP contribution in [0.25, 0.3) is 0 Å². The van der Waals surface area contributed by atoms with Crippen LogP contribution in [-0.2, 0) is 33.6 Å². The molecule has 1 fully saturated rings. The molecular weight excluding hydrogens is 779 g/mol. The van der Waals surface area contributed by atoms with Gasteiger partial charge in [-0.2, -0.15) is 24.4 Å². The number of hydrogen-bond acceptors (Lipinski definition) is 15. The third-order valence-corrected chi connectivity index (χ3v) is 10.0. The van der Waals surface area contributed by atoms with Crippen LogP contribution in [0.5, 0.6) is 0 Å². The van der Waals surface area contributed by atoms with E-state index in [1.165, 1.54) is 18.7 Å². The summed E-state index contributed by atoms with van der Waals surface area (Å²) in [6, 6.07) is -5.06. The number of nitrogens with zero attached hydrogens (tertiary/aromatic N) is 3. The quantitative estimate of drug-likeness (QED) is 0.00641. The van der Waals surface area contributed by atoms with Gasteiger partial charge in [-0.05, 0) is 76.2 Å². The Hall–Kier alpha value is -3.83. The summed E-state index contributed by atoms with van der Waals surface area (Å²) in [4.78, 5) is 98.4. The summed E-state index contributed by atoms with van der Waals surface area (Å²) in [5.74, 6) is -3.46. The molecule has 57 heavy (non-hydrogen) atoms. The predicted molar refractivity (Wildman–Crippen MR) is 225 cm³/mol. The number of hydrogen-bond donors (Lipinski definition) is 11. The molecule has 20 nitrogen and oxygen atoms in total. The van der Waals surface area contributed by atoms with Gasteiger partial charge in [0.2, 0.25) is 17.7 Å². The Morgan fingerprint density at radius 3 is 1.96 bits per heavy atom. The molecule has 0 aromatic heterocycles. The molecule has 0 bridgehead atoms. The summed E-state index contributed by atoms with van der Waals surface area (Å²) in [6.45, 7) is 6.18. The number of nitrogens with two attached hydrogens (primary N) is 4. The molecular formula is C35H65N13O7S2. The van der Waals surface area contributed by atoms with Gasteiger partial charge in [0.1, 0.15) is 24.7 Å². The van der Waals surface area contributed by atoms with E-state index < -0.39 is 65.7 Å². The van der Waals surface area contributed by atoms with Crippen molar-refractivity contribution in [3.63, 3.8) is 0 Å². The lowest BCUT2D eigenvalue weighted by molar-refractivity contribution is -0.138. The second-order valence-electron chi connectivity index (χ2n) is 14.2. The number of rotatable bonds is 31. The maximum Gasteiger partial charge on any atom is 0.243 e. The fourth-order valence-corrected chi connectivity index (χ4v) is 6.75. The number of Topliss-reactive ketones (excluding diaryl/α,β-unsaturated/α-hetero) is 2. The Balaban J connectivity index is 2.92. The number of carbonyl (C=O) groups excluding carboxylic acids is 7. The summed E-state index contributed by atoms with van der Waals surface area (Å²) in [5.41, 5.74) is 29.9. The van der Waals surface area contributed by atoms with Crippen LogP contribution in [0.2, 0.25) is 0 Å². The van der Waals surface area contributed by atoms with Crippen molar-refractivity contribution in [2.75, 3.05) is 43.9 Å². The third kappa shape index (κ3) is 20.4. The Kier molecular flexibility index (Phi) is 25.6. The zero-order chi connectivity index (χ0) is 42.9. The monoisotopic (exact) mass is 843 g/mol. The van der Waals surface area contributed by atoms with Crippen LogP contribution in [0.3, 0.4) is 0 Å². The number of thioether (sulfide) groups is 1. The van der Waals surface area contributed by atoms with Crippen LogP contribution >= 0.6 is 24.4 Å². The minimum Gasteiger partial charge on any atom is -0.370 e. The van der Waals surface area contributed by atoms with E-state index in [-0.39, 0.29) is 48.8 Å². The minimum absolute atomic E-state index is 0.00767. The highest BCUT2D eigenvalue weighted by Crippen LogP contribution is 2.21. The highest BCUT2D eigenvalue weighted by Gasteiger charge is 2.39. The maximum atomic E-state index is 13.7. The SMILES string of the molecule is CSCC[C@H](NC(=O)[C@H](CC(C)C)NC(=O)CNN[C@H](C=O)CCCN=C(N)N)C(=O)N[C@@H](CS)C(=O)C(C)C(=O)[C@@H]1CCCN1N[C@H](C=O)CCCN=C(N)N. The van der Waals surface area contributed by atoms with Gasteiger partial charge in [0, 0.05) is 25.4 Å². The zero-order valence-electron chi connectivity index (χ0n) is 33.5. The van der Waals surface area contributed by atoms with Gasteiger partial charge >= 0.3 is 0 Å². The van der Waals surface area contributed by atoms with Gasteiger partial charge in [-0.15, -0.1) is 0 Å². The van der Waals surface area contributed by atoms with Crippen LogP contribution in [0.15, 0.2) is 9.98 Å². The first kappa shape index (κ1) is 51.2. The maximum absolute atomic E-state index is 13.7. The summed E-state index contributed by atoms with van der Waals surface area (Å²) in [6.07, 6.45) is 6.82. The molecule has 3 amide bonds. The minimum atomic E-state index is -1.14. The van der Waals surface area contributed by atoms with E-state index in [0.29, 0.717) is 70.2 Å². The van der Waals surface area contributed by atoms with Crippen LogP contribution in [0.1, 0.15) is 72.1 Å². The molecule has 0 aromatic rings. The van der Waals surface area contributed by atoms with Gasteiger partial charge in [0.05, 0.1) is 36.6 Å². The highest BCUT2D eigenvalue weighted by molar-refractivity contribution is 7.98. The molecule has 1 unspecified atom stereocenters. The van der Waals surface area contributed by atoms with E-state index in [0.717, 1.165) is 6.29 Å². The van der Waals surface area contributed by atoms with Crippen molar-refractivity contribution in [3.8, 4) is 0 Å². The molecule has 0 radical (unpaired) electrons. The highest BCUT2D eigenvalue weighted by atomic mass is 32.2. The van der Waals surface area contributed by atoms with Gasteiger partial charge in [-0.3, -0.25) is 34.0 Å². The molecule has 14 N–H and O–H groups in total. The number of aliphatic imine (C=N–C) groups is 2. The number of aldehydes is 2. The Bertz CT molecular complexity index is 1370. The summed E-state index contributed by atoms with van der Waals surface area (Å²) in [5, 5.41) is 9.81. The average molecular weight is 844 g/mol. The molecule has 0 aliphatic carbocycles. The van der Waals surface area contributed by atoms with E-state index in [2.05, 4.69) is 54.8 Å². The van der Waals surface area contributed by atoms with Crippen molar-refractivity contribution in [2.24, 2.45) is 44.8 Å². The van der Waals surface area contributed by atoms with Crippen molar-refractivity contribution in [1.82, 2.24) is 37.2 Å². The topological polar surface area (TPSA) is 324 Å². The fraction of sp³-hybridized carbons (Fsp3) is 0.743. The standard InChI is InChI=1S/C35H65N13O7S2/c1-21(2)16-26(43-29(51)17-42-46-23(18-49)8-5-12-40-34(36)37)33(55)44-25(11-15-57-4)32(54)45-27(20-56)30(52)22(3)31(53)28-10-7-14-48(28)47-24(19-50)9-6-13-41-35(38)39/h18-19,21-28,42,46-47,56H,5-17,20H2,1-4H3,(H,43,51)(H,44,55)(H,45,54)(H4,36,37,40)(H4,38,39,41)/t22?,23-,24-,25-,26-,27-,28-/m0/s1. The van der Waals surface area contributed by atoms with Crippen molar-refractivity contribution in [3.05, 3.63) is 0 Å². The summed E-state index contributed by atoms with van der Waals surface area (Å²) < 4.78 is 0. The van der Waals surface area contributed by atoms with Crippen molar-refractivity contribution in [1.29, 1.82) is 0 Å². The lowest BCUT2D eigenvalue weighted by atomic mass is 9.91. The molecule has 1 heterocycles. The molecule has 1 saturated heterocycles. The molecule has 0 spiro atoms. The van der Waals surface area contributed by atoms with Crippen molar-refractivity contribution < 1.29 is 33.6 Å². The molecule has 324 valence electrons. The second kappa shape index (κ2) is 28.6. The molecule has 22 heteroatoms. The first-order chi connectivity index (χ1) is 27.1. The Morgan fingerprint density at radius 2 is 1.42 bits per heavy atom. The number of ketones is 2. The fourth-order valence-electron chi connectivity index (χ4n) is 6.00. The van der Waals surface area contributed by atoms with E-state index >= 15 is 0 Å². The van der Waals surface area contributed by atoms with Crippen LogP contribution in [-0.4, -0.2) is 139 Å². The van der Waals surface area contributed by atoms with E-state index in [9.17, 15) is 33.6 Å². The molecule has 1 aliphatic rings. The van der Waals surface area contributed by atoms with Gasteiger partial charge in [0.15, 0.2) is 23.5 Å². The van der Waals surface area contributed by atoms with Crippen LogP contribution < -0.4 is 55.2 Å². The number of hydrazine groups is 2. The zero-order valence-corrected chi connectivity index (χ0v) is 35.2. The Morgan fingerprint density at radius 1 is 0.842 bits per heavy atom. The number of thiol groups is 1. The van der Waals surface area contributed by atoms with Crippen LogP contribution in [0, 0.1) is 11.8 Å². The number of guanidine groups is 2. The Labute approximate surface area is 345 Å². The first-order valence-corrected chi connectivity index (χ1v) is 21.2. The van der Waals surface area contributed by atoms with E-state index in [1.807, 2.05) is 20.1 Å². The van der Waals surface area contributed by atoms with Crippen molar-refractivity contribution >= 4 is 78.2 Å². The largest absolute Gasteiger partial charge is 0.370 e. The number of amides is 3. The van der Waals surface area contributed by atoms with Crippen molar-refractivity contribution in [2.45, 2.75) is 108 Å². The van der Waals surface area contributed by atoms with E-state index in [1.54, 1.807) is 5.01 Å². The lowest BCUT2D eigenvalue weighted by Crippen LogP contribution is -2.58. The number of carbonyl (C=O) groups is 7. The van der Waals surface area contributed by atoms with Gasteiger partial charge in [-0.1, -0.05) is 13.8 Å². The molecule has 1 rings (SSSR count). The number of nitrogens with one attached hydrogen (secondary N) is 6. The molecule has 0 saturated carbocycles. The summed E-state index contributed by atoms with van der Waals surface area (Å²) in [7, 11) is 0. The van der Waals surface area contributed by atoms with Gasteiger partial charge < -0.3 is 48.5 Å². The molecule has 0 aromatic carbocycles. The smallest absolute Gasteiger partial charge is 0.243 e. The predicted octanol–water partition coefficient (Wildman–Crippen LogP) is -2.75. The van der Waals surface area contributed by atoms with Gasteiger partial charge in [-0.25, -0.2) is 21.3 Å². The average Bonchev–Trinajstić information content (AvgIpc) is 3.63. The van der Waals surface area contributed by atoms with Gasteiger partial charge in [0.25, 0.3) is 0 Å². The summed E-state index contributed by atoms with van der Waals surface area (Å²) >= 11 is 5.76.